The lowest BCUT2D eigenvalue weighted by atomic mass is 9.32. The van der Waals surface area contributed by atoms with E-state index in [4.69, 9.17) is 0 Å². The molecule has 0 amide bonds. The SMILES string of the molecule is C=C(C)[C@@H]1CC[C@]2(C(=C)NC)CC[C@]3(C)C(CC[C@@H]4[C@@]5(C)CC[C@H](O)[C@@](C)(CO)[C@@H]5CC[C@]43C)[C@@H]12. The van der Waals surface area contributed by atoms with Crippen LogP contribution in [-0.2, 0) is 0 Å². The molecule has 11 atom stereocenters. The predicted molar refractivity (Wildman–Crippen MR) is 145 cm³/mol. The summed E-state index contributed by atoms with van der Waals surface area (Å²) in [6, 6.07) is 0. The third-order valence-electron chi connectivity index (χ3n) is 14.1. The smallest absolute Gasteiger partial charge is 0.0618 e. The Hall–Kier alpha value is -0.800. The molecule has 0 saturated heterocycles. The summed E-state index contributed by atoms with van der Waals surface area (Å²) in [6.07, 6.45) is 11.6. The van der Waals surface area contributed by atoms with Crippen LogP contribution in [0, 0.1) is 56.7 Å². The summed E-state index contributed by atoms with van der Waals surface area (Å²) in [5, 5.41) is 25.0. The van der Waals surface area contributed by atoms with Gasteiger partial charge in [-0.25, -0.2) is 0 Å². The van der Waals surface area contributed by atoms with Crippen molar-refractivity contribution in [3.05, 3.63) is 24.4 Å². The van der Waals surface area contributed by atoms with Gasteiger partial charge in [-0.05, 0) is 117 Å². The van der Waals surface area contributed by atoms with Crippen LogP contribution in [-0.4, -0.2) is 30.0 Å². The van der Waals surface area contributed by atoms with E-state index in [1.807, 2.05) is 0 Å². The molecule has 5 aliphatic carbocycles. The van der Waals surface area contributed by atoms with Crippen molar-refractivity contribution >= 4 is 0 Å². The summed E-state index contributed by atoms with van der Waals surface area (Å²) in [6.45, 7) is 21.5. The van der Waals surface area contributed by atoms with E-state index in [1.54, 1.807) is 0 Å². The summed E-state index contributed by atoms with van der Waals surface area (Å²) < 4.78 is 0. The van der Waals surface area contributed by atoms with E-state index >= 15 is 0 Å². The van der Waals surface area contributed by atoms with Crippen molar-refractivity contribution in [1.29, 1.82) is 0 Å². The van der Waals surface area contributed by atoms with Crippen LogP contribution in [0.15, 0.2) is 24.4 Å². The van der Waals surface area contributed by atoms with Crippen LogP contribution in [0.5, 0.6) is 0 Å². The summed E-state index contributed by atoms with van der Waals surface area (Å²) in [4.78, 5) is 0. The summed E-state index contributed by atoms with van der Waals surface area (Å²) in [5.41, 5.74) is 3.32. The standard InChI is InChI=1S/C32H53NO2/c1-20(2)22-11-16-32(21(3)33-8)18-17-30(6)23(27(22)32)9-10-25-28(4)14-13-26(35)29(5,19-34)24(28)12-15-31(25,30)7/h22-27,33-35H,1,3,9-19H2,2,4-8H3/t22-,23?,24+,25+,26-,27+,28-,29-,30+,31+,32+/m0/s1. The molecule has 3 nitrogen and oxygen atoms in total. The Morgan fingerprint density at radius 2 is 1.57 bits per heavy atom. The Kier molecular flexibility index (Phi) is 5.98. The minimum Gasteiger partial charge on any atom is -0.396 e. The normalized spacial score (nSPS) is 55.2. The van der Waals surface area contributed by atoms with E-state index in [-0.39, 0.29) is 29.0 Å². The highest BCUT2D eigenvalue weighted by Crippen LogP contribution is 2.78. The first kappa shape index (κ1) is 25.8. The predicted octanol–water partition coefficient (Wildman–Crippen LogP) is 6.71. The molecule has 3 heteroatoms. The second kappa shape index (κ2) is 8.10. The van der Waals surface area contributed by atoms with Gasteiger partial charge in [-0.1, -0.05) is 46.4 Å². The highest BCUT2D eigenvalue weighted by Gasteiger charge is 2.71. The van der Waals surface area contributed by atoms with Crippen molar-refractivity contribution in [3.8, 4) is 0 Å². The lowest BCUT2D eigenvalue weighted by Crippen LogP contribution is -2.67. The fraction of sp³-hybridized carbons (Fsp3) is 0.875. The molecule has 0 heterocycles. The van der Waals surface area contributed by atoms with Gasteiger partial charge in [0, 0.05) is 23.6 Å². The van der Waals surface area contributed by atoms with Crippen LogP contribution in [0.2, 0.25) is 0 Å². The van der Waals surface area contributed by atoms with Gasteiger partial charge in [-0.3, -0.25) is 0 Å². The van der Waals surface area contributed by atoms with Gasteiger partial charge in [-0.15, -0.1) is 0 Å². The number of aliphatic hydroxyl groups excluding tert-OH is 2. The van der Waals surface area contributed by atoms with Crippen molar-refractivity contribution in [1.82, 2.24) is 5.32 Å². The van der Waals surface area contributed by atoms with Gasteiger partial charge in [0.2, 0.25) is 0 Å². The Bertz CT molecular complexity index is 898. The molecule has 5 saturated carbocycles. The fourth-order valence-corrected chi connectivity index (χ4v) is 11.9. The van der Waals surface area contributed by atoms with Crippen LogP contribution in [0.3, 0.4) is 0 Å². The third kappa shape index (κ3) is 3.03. The zero-order valence-corrected chi connectivity index (χ0v) is 23.6. The van der Waals surface area contributed by atoms with E-state index in [1.165, 1.54) is 56.2 Å². The summed E-state index contributed by atoms with van der Waals surface area (Å²) in [5.74, 6) is 3.05. The van der Waals surface area contributed by atoms with Crippen molar-refractivity contribution in [3.63, 3.8) is 0 Å². The maximum Gasteiger partial charge on any atom is 0.0618 e. The quantitative estimate of drug-likeness (QED) is 0.390. The number of hydrogen-bond donors (Lipinski definition) is 3. The molecule has 3 N–H and O–H groups in total. The molecule has 0 aromatic rings. The fourth-order valence-electron chi connectivity index (χ4n) is 11.9. The Morgan fingerprint density at radius 1 is 0.857 bits per heavy atom. The zero-order chi connectivity index (χ0) is 25.6. The molecule has 0 bridgehead atoms. The van der Waals surface area contributed by atoms with Gasteiger partial charge in [0.1, 0.15) is 0 Å². The monoisotopic (exact) mass is 483 g/mol. The first-order chi connectivity index (χ1) is 16.4. The number of fused-ring (bicyclic) bond motifs is 7. The second-order valence-electron chi connectivity index (χ2n) is 14.8. The number of hydrogen-bond acceptors (Lipinski definition) is 3. The van der Waals surface area contributed by atoms with Crippen LogP contribution < -0.4 is 5.32 Å². The van der Waals surface area contributed by atoms with E-state index < -0.39 is 0 Å². The van der Waals surface area contributed by atoms with E-state index in [0.717, 1.165) is 19.3 Å². The average molecular weight is 484 g/mol. The van der Waals surface area contributed by atoms with Crippen LogP contribution in [0.25, 0.3) is 0 Å². The highest BCUT2D eigenvalue weighted by atomic mass is 16.3. The van der Waals surface area contributed by atoms with Gasteiger partial charge in [0.05, 0.1) is 12.7 Å². The largest absolute Gasteiger partial charge is 0.396 e. The van der Waals surface area contributed by atoms with E-state index in [9.17, 15) is 10.2 Å². The van der Waals surface area contributed by atoms with Crippen LogP contribution in [0.1, 0.15) is 98.8 Å². The first-order valence-corrected chi connectivity index (χ1v) is 14.7. The molecule has 0 aliphatic heterocycles. The molecule has 198 valence electrons. The minimum atomic E-state index is -0.375. The van der Waals surface area contributed by atoms with E-state index in [0.29, 0.717) is 40.4 Å². The molecule has 1 unspecified atom stereocenters. The van der Waals surface area contributed by atoms with Crippen molar-refractivity contribution in [2.75, 3.05) is 13.7 Å². The van der Waals surface area contributed by atoms with Crippen molar-refractivity contribution < 1.29 is 10.2 Å². The first-order valence-electron chi connectivity index (χ1n) is 14.7. The molecule has 5 rings (SSSR count). The Balaban J connectivity index is 1.56. The van der Waals surface area contributed by atoms with Gasteiger partial charge in [0.15, 0.2) is 0 Å². The number of rotatable bonds is 4. The molecular formula is C32H53NO2. The molecule has 0 aromatic carbocycles. The van der Waals surface area contributed by atoms with Crippen LogP contribution in [0.4, 0.5) is 0 Å². The maximum absolute atomic E-state index is 11.0. The molecule has 0 radical (unpaired) electrons. The molecule has 0 spiro atoms. The number of aliphatic hydroxyl groups is 2. The van der Waals surface area contributed by atoms with Crippen LogP contribution >= 0.6 is 0 Å². The molecule has 0 aromatic heterocycles. The summed E-state index contributed by atoms with van der Waals surface area (Å²) >= 11 is 0. The van der Waals surface area contributed by atoms with Crippen molar-refractivity contribution in [2.24, 2.45) is 56.7 Å². The molecule has 35 heavy (non-hydrogen) atoms. The van der Waals surface area contributed by atoms with E-state index in [2.05, 4.69) is 60.1 Å². The maximum atomic E-state index is 11.0. The minimum absolute atomic E-state index is 0.106. The average Bonchev–Trinajstić information content (AvgIpc) is 3.23. The molecule has 5 aliphatic rings. The lowest BCUT2D eigenvalue weighted by Gasteiger charge is -2.73. The van der Waals surface area contributed by atoms with Gasteiger partial charge < -0.3 is 15.5 Å². The second-order valence-corrected chi connectivity index (χ2v) is 14.8. The Morgan fingerprint density at radius 3 is 2.20 bits per heavy atom. The number of allylic oxidation sites excluding steroid dienone is 2. The zero-order valence-electron chi connectivity index (χ0n) is 23.6. The molecule has 5 fully saturated rings. The highest BCUT2D eigenvalue weighted by molar-refractivity contribution is 5.27. The number of nitrogens with one attached hydrogen (secondary N) is 1. The Labute approximate surface area is 215 Å². The van der Waals surface area contributed by atoms with Gasteiger partial charge in [0.25, 0.3) is 0 Å². The topological polar surface area (TPSA) is 52.5 Å². The molecular weight excluding hydrogens is 430 g/mol. The van der Waals surface area contributed by atoms with Gasteiger partial charge in [-0.2, -0.15) is 0 Å². The van der Waals surface area contributed by atoms with Crippen molar-refractivity contribution in [2.45, 2.75) is 105 Å². The third-order valence-corrected chi connectivity index (χ3v) is 14.1. The lowest BCUT2D eigenvalue weighted by molar-refractivity contribution is -0.252. The summed E-state index contributed by atoms with van der Waals surface area (Å²) in [7, 11) is 2.08. The van der Waals surface area contributed by atoms with Gasteiger partial charge >= 0.3 is 0 Å².